The van der Waals surface area contributed by atoms with Crippen LogP contribution >= 0.6 is 11.6 Å². The van der Waals surface area contributed by atoms with Crippen molar-refractivity contribution in [2.24, 2.45) is 0 Å². The Hall–Kier alpha value is -3.05. The Morgan fingerprint density at radius 1 is 1.09 bits per heavy atom. The lowest BCUT2D eigenvalue weighted by molar-refractivity contribution is 0.242. The normalized spacial score (nSPS) is 16.1. The second kappa shape index (κ2) is 9.61. The first-order valence-corrected chi connectivity index (χ1v) is 11.3. The molecule has 2 aromatic carbocycles. The SMILES string of the molecule is CC(C)Oc1ccc(C2=CCC(c3[nH]c(=O)[nH]c(=O)c3Cc3ccccc3)CC2)c(Cl)c1. The number of H-pyrrole nitrogens is 2. The summed E-state index contributed by atoms with van der Waals surface area (Å²) in [4.78, 5) is 30.0. The zero-order chi connectivity index (χ0) is 22.7. The first-order valence-electron chi connectivity index (χ1n) is 11.0. The molecule has 0 bridgehead atoms. The fourth-order valence-electron chi connectivity index (χ4n) is 4.30. The van der Waals surface area contributed by atoms with Crippen LogP contribution in [0.3, 0.4) is 0 Å². The van der Waals surface area contributed by atoms with E-state index in [-0.39, 0.29) is 17.6 Å². The first kappa shape index (κ1) is 22.2. The van der Waals surface area contributed by atoms with Crippen molar-refractivity contribution in [3.63, 3.8) is 0 Å². The summed E-state index contributed by atoms with van der Waals surface area (Å²) in [7, 11) is 0. The lowest BCUT2D eigenvalue weighted by atomic mass is 9.83. The maximum Gasteiger partial charge on any atom is 0.325 e. The van der Waals surface area contributed by atoms with Crippen molar-refractivity contribution < 1.29 is 4.74 Å². The molecule has 0 saturated heterocycles. The minimum atomic E-state index is -0.458. The van der Waals surface area contributed by atoms with Crippen molar-refractivity contribution in [3.8, 4) is 5.75 Å². The Morgan fingerprint density at radius 3 is 2.53 bits per heavy atom. The third-order valence-electron chi connectivity index (χ3n) is 5.78. The summed E-state index contributed by atoms with van der Waals surface area (Å²) in [5.74, 6) is 0.837. The minimum absolute atomic E-state index is 0.0785. The van der Waals surface area contributed by atoms with Gasteiger partial charge in [0.15, 0.2) is 0 Å². The summed E-state index contributed by atoms with van der Waals surface area (Å²) in [6.45, 7) is 3.97. The highest BCUT2D eigenvalue weighted by Crippen LogP contribution is 2.39. The van der Waals surface area contributed by atoms with E-state index in [2.05, 4.69) is 16.0 Å². The smallest absolute Gasteiger partial charge is 0.325 e. The minimum Gasteiger partial charge on any atom is -0.491 e. The van der Waals surface area contributed by atoms with E-state index in [1.807, 2.05) is 62.4 Å². The lowest BCUT2D eigenvalue weighted by Gasteiger charge is -2.24. The van der Waals surface area contributed by atoms with E-state index in [9.17, 15) is 9.59 Å². The second-order valence-corrected chi connectivity index (χ2v) is 8.88. The van der Waals surface area contributed by atoms with Gasteiger partial charge in [0.25, 0.3) is 5.56 Å². The molecule has 0 saturated carbocycles. The monoisotopic (exact) mass is 450 g/mol. The van der Waals surface area contributed by atoms with E-state index in [4.69, 9.17) is 16.3 Å². The molecule has 1 aliphatic rings. The maximum atomic E-state index is 12.6. The van der Waals surface area contributed by atoms with E-state index in [0.29, 0.717) is 17.0 Å². The van der Waals surface area contributed by atoms with Crippen molar-refractivity contribution in [2.75, 3.05) is 0 Å². The number of allylic oxidation sites excluding steroid dienone is 2. The standard InChI is InChI=1S/C26H27ClN2O3/c1-16(2)32-20-12-13-21(23(27)15-20)18-8-10-19(11-9-18)24-22(25(30)29-26(31)28-24)14-17-6-4-3-5-7-17/h3-8,12-13,15-16,19H,9-11,14H2,1-2H3,(H2,28,29,30,31). The van der Waals surface area contributed by atoms with Crippen LogP contribution in [0.25, 0.3) is 5.57 Å². The largest absolute Gasteiger partial charge is 0.491 e. The predicted octanol–water partition coefficient (Wildman–Crippen LogP) is 5.45. The number of hydrogen-bond donors (Lipinski definition) is 2. The van der Waals surface area contributed by atoms with Crippen LogP contribution in [-0.4, -0.2) is 16.1 Å². The van der Waals surface area contributed by atoms with Gasteiger partial charge in [-0.1, -0.05) is 48.0 Å². The average molecular weight is 451 g/mol. The van der Waals surface area contributed by atoms with Crippen LogP contribution in [0.1, 0.15) is 61.4 Å². The fourth-order valence-corrected chi connectivity index (χ4v) is 4.59. The van der Waals surface area contributed by atoms with E-state index in [1.165, 1.54) is 5.57 Å². The van der Waals surface area contributed by atoms with Gasteiger partial charge in [-0.25, -0.2) is 4.79 Å². The number of benzene rings is 2. The van der Waals surface area contributed by atoms with Gasteiger partial charge >= 0.3 is 5.69 Å². The number of rotatable bonds is 6. The van der Waals surface area contributed by atoms with Gasteiger partial charge in [0.05, 0.1) is 11.1 Å². The van der Waals surface area contributed by atoms with Crippen molar-refractivity contribution in [1.29, 1.82) is 0 Å². The topological polar surface area (TPSA) is 75.0 Å². The van der Waals surface area contributed by atoms with Crippen molar-refractivity contribution in [3.05, 3.63) is 103 Å². The van der Waals surface area contributed by atoms with Crippen LogP contribution in [0, 0.1) is 0 Å². The molecule has 0 fully saturated rings. The highest BCUT2D eigenvalue weighted by molar-refractivity contribution is 6.32. The van der Waals surface area contributed by atoms with Gasteiger partial charge in [-0.2, -0.15) is 0 Å². The van der Waals surface area contributed by atoms with Gasteiger partial charge in [0.1, 0.15) is 5.75 Å². The maximum absolute atomic E-state index is 12.6. The van der Waals surface area contributed by atoms with Crippen LogP contribution in [0.5, 0.6) is 5.75 Å². The molecule has 1 heterocycles. The molecule has 0 aliphatic heterocycles. The first-order chi connectivity index (χ1) is 15.4. The third-order valence-corrected chi connectivity index (χ3v) is 6.09. The molecule has 1 aromatic heterocycles. The molecule has 0 radical (unpaired) electrons. The summed E-state index contributed by atoms with van der Waals surface area (Å²) in [5, 5.41) is 0.669. The average Bonchev–Trinajstić information content (AvgIpc) is 2.76. The molecule has 4 rings (SSSR count). The molecule has 1 unspecified atom stereocenters. The van der Waals surface area contributed by atoms with Crippen molar-refractivity contribution >= 4 is 17.2 Å². The Balaban J connectivity index is 1.59. The van der Waals surface area contributed by atoms with Gasteiger partial charge < -0.3 is 9.72 Å². The number of ether oxygens (including phenoxy) is 1. The summed E-state index contributed by atoms with van der Waals surface area (Å²) < 4.78 is 5.73. The van der Waals surface area contributed by atoms with Crippen LogP contribution in [0.4, 0.5) is 0 Å². The molecule has 0 amide bonds. The van der Waals surface area contributed by atoms with Crippen molar-refractivity contribution in [1.82, 2.24) is 9.97 Å². The van der Waals surface area contributed by atoms with Gasteiger partial charge in [-0.05, 0) is 68.0 Å². The number of hydrogen-bond acceptors (Lipinski definition) is 3. The highest BCUT2D eigenvalue weighted by atomic mass is 35.5. The molecular formula is C26H27ClN2O3. The molecule has 1 aliphatic carbocycles. The Kier molecular flexibility index (Phi) is 6.66. The number of halogens is 1. The van der Waals surface area contributed by atoms with E-state index in [1.54, 1.807) is 0 Å². The Morgan fingerprint density at radius 2 is 1.88 bits per heavy atom. The van der Waals surface area contributed by atoms with Crippen molar-refractivity contribution in [2.45, 2.75) is 51.6 Å². The van der Waals surface area contributed by atoms with E-state index in [0.717, 1.165) is 41.8 Å². The van der Waals surface area contributed by atoms with E-state index < -0.39 is 5.69 Å². The third kappa shape index (κ3) is 5.05. The van der Waals surface area contributed by atoms with Gasteiger partial charge in [0, 0.05) is 23.6 Å². The van der Waals surface area contributed by atoms with Gasteiger partial charge in [-0.3, -0.25) is 9.78 Å². The van der Waals surface area contributed by atoms with E-state index >= 15 is 0 Å². The van der Waals surface area contributed by atoms with Crippen LogP contribution in [0.2, 0.25) is 5.02 Å². The summed E-state index contributed by atoms with van der Waals surface area (Å²) in [6, 6.07) is 15.6. The van der Waals surface area contributed by atoms with Gasteiger partial charge in [-0.15, -0.1) is 0 Å². The summed E-state index contributed by atoms with van der Waals surface area (Å²) in [5.41, 5.74) is 3.82. The molecule has 32 heavy (non-hydrogen) atoms. The highest BCUT2D eigenvalue weighted by Gasteiger charge is 2.23. The van der Waals surface area contributed by atoms with Crippen LogP contribution in [-0.2, 0) is 6.42 Å². The molecular weight excluding hydrogens is 424 g/mol. The summed E-state index contributed by atoms with van der Waals surface area (Å²) >= 11 is 6.54. The number of aromatic amines is 2. The number of nitrogens with one attached hydrogen (secondary N) is 2. The van der Waals surface area contributed by atoms with Crippen LogP contribution in [0.15, 0.2) is 64.2 Å². The lowest BCUT2D eigenvalue weighted by Crippen LogP contribution is -2.30. The van der Waals surface area contributed by atoms with Gasteiger partial charge in [0.2, 0.25) is 0 Å². The molecule has 0 spiro atoms. The Bertz CT molecular complexity index is 1240. The molecule has 3 aromatic rings. The second-order valence-electron chi connectivity index (χ2n) is 8.47. The Labute approximate surface area is 192 Å². The quantitative estimate of drug-likeness (QED) is 0.524. The molecule has 5 nitrogen and oxygen atoms in total. The fraction of sp³-hybridized carbons (Fsp3) is 0.308. The molecule has 6 heteroatoms. The molecule has 2 N–H and O–H groups in total. The number of aromatic nitrogens is 2. The predicted molar refractivity (Wildman–Crippen MR) is 129 cm³/mol. The van der Waals surface area contributed by atoms with Crippen LogP contribution < -0.4 is 16.0 Å². The molecule has 1 atom stereocenters. The zero-order valence-corrected chi connectivity index (χ0v) is 19.0. The molecule has 166 valence electrons. The zero-order valence-electron chi connectivity index (χ0n) is 18.3. The summed E-state index contributed by atoms with van der Waals surface area (Å²) in [6.07, 6.45) is 5.12.